The van der Waals surface area contributed by atoms with E-state index in [1.807, 2.05) is 26.0 Å². The van der Waals surface area contributed by atoms with Crippen LogP contribution in [0.2, 0.25) is 0 Å². The second kappa shape index (κ2) is 3.11. The number of ether oxygens (including phenoxy) is 1. The second-order valence-corrected chi connectivity index (χ2v) is 5.10. The lowest BCUT2D eigenvalue weighted by Gasteiger charge is -2.14. The van der Waals surface area contributed by atoms with Crippen molar-refractivity contribution in [2.45, 2.75) is 25.0 Å². The van der Waals surface area contributed by atoms with Gasteiger partial charge in [-0.3, -0.25) is 14.5 Å². The first-order valence-corrected chi connectivity index (χ1v) is 5.73. The first-order chi connectivity index (χ1) is 8.40. The molecule has 1 atom stereocenters. The van der Waals surface area contributed by atoms with Crippen molar-refractivity contribution in [3.63, 3.8) is 0 Å². The molecule has 1 spiro atoms. The van der Waals surface area contributed by atoms with E-state index >= 15 is 0 Å². The van der Waals surface area contributed by atoms with E-state index in [1.165, 1.54) is 4.90 Å². The van der Waals surface area contributed by atoms with E-state index in [9.17, 15) is 9.59 Å². The predicted molar refractivity (Wildman–Crippen MR) is 63.3 cm³/mol. The zero-order valence-corrected chi connectivity index (χ0v) is 10.1. The number of fused-ring (bicyclic) bond motifs is 2. The van der Waals surface area contributed by atoms with Gasteiger partial charge in [0.15, 0.2) is 0 Å². The molecule has 1 aromatic rings. The molecular formula is C13H13NO4. The fourth-order valence-electron chi connectivity index (χ4n) is 2.75. The summed E-state index contributed by atoms with van der Waals surface area (Å²) in [7, 11) is 0. The Morgan fingerprint density at radius 1 is 1.39 bits per heavy atom. The molecule has 3 rings (SSSR count). The number of hydrogen-bond acceptors (Lipinski definition) is 3. The van der Waals surface area contributed by atoms with Crippen molar-refractivity contribution < 1.29 is 19.4 Å². The molecule has 1 N–H and O–H groups in total. The number of carbonyl (C=O) groups is 2. The van der Waals surface area contributed by atoms with E-state index in [1.54, 1.807) is 12.1 Å². The number of nitrogens with zero attached hydrogens (tertiary/aromatic N) is 1. The van der Waals surface area contributed by atoms with Crippen LogP contribution in [0.1, 0.15) is 19.4 Å². The van der Waals surface area contributed by atoms with Gasteiger partial charge in [0.2, 0.25) is 5.60 Å². The van der Waals surface area contributed by atoms with Gasteiger partial charge in [-0.05, 0) is 19.9 Å². The fraction of sp³-hybridized carbons (Fsp3) is 0.385. The molecule has 1 fully saturated rings. The van der Waals surface area contributed by atoms with Crippen LogP contribution < -0.4 is 4.90 Å². The Bertz CT molecular complexity index is 566. The lowest BCUT2D eigenvalue weighted by Crippen LogP contribution is -2.38. The van der Waals surface area contributed by atoms with E-state index in [0.717, 1.165) is 5.56 Å². The summed E-state index contributed by atoms with van der Waals surface area (Å²) in [5.74, 6) is -1.32. The van der Waals surface area contributed by atoms with Crippen LogP contribution in [0.15, 0.2) is 24.3 Å². The van der Waals surface area contributed by atoms with Gasteiger partial charge in [0.25, 0.3) is 5.91 Å². The maximum absolute atomic E-state index is 12.4. The molecule has 0 unspecified atom stereocenters. The lowest BCUT2D eigenvalue weighted by molar-refractivity contribution is -0.137. The topological polar surface area (TPSA) is 70.1 Å². The van der Waals surface area contributed by atoms with Crippen molar-refractivity contribution in [1.82, 2.24) is 0 Å². The van der Waals surface area contributed by atoms with Crippen molar-refractivity contribution in [3.8, 4) is 0 Å². The average Bonchev–Trinajstić information content (AvgIpc) is 2.82. The van der Waals surface area contributed by atoms with Crippen molar-refractivity contribution in [1.29, 1.82) is 0 Å². The van der Waals surface area contributed by atoms with Gasteiger partial charge in [-0.15, -0.1) is 0 Å². The summed E-state index contributed by atoms with van der Waals surface area (Å²) >= 11 is 0. The monoisotopic (exact) mass is 247 g/mol. The van der Waals surface area contributed by atoms with Crippen LogP contribution in [0.5, 0.6) is 0 Å². The highest BCUT2D eigenvalue weighted by atomic mass is 16.6. The SMILES string of the molecule is CC1(C)O[C@@]12C(=O)N(CC(=O)O)c1ccccc12. The first kappa shape index (κ1) is 11.2. The van der Waals surface area contributed by atoms with Gasteiger partial charge in [-0.1, -0.05) is 18.2 Å². The summed E-state index contributed by atoms with van der Waals surface area (Å²) in [6, 6.07) is 7.19. The van der Waals surface area contributed by atoms with E-state index in [2.05, 4.69) is 0 Å². The molecule has 0 aliphatic carbocycles. The van der Waals surface area contributed by atoms with Crippen LogP contribution >= 0.6 is 0 Å². The highest BCUT2D eigenvalue weighted by Gasteiger charge is 2.74. The summed E-state index contributed by atoms with van der Waals surface area (Å²) in [5.41, 5.74) is -0.163. The molecule has 0 radical (unpaired) electrons. The van der Waals surface area contributed by atoms with Crippen LogP contribution in [0, 0.1) is 0 Å². The Morgan fingerprint density at radius 3 is 2.56 bits per heavy atom. The molecule has 2 aliphatic rings. The van der Waals surface area contributed by atoms with Crippen LogP contribution in [0.25, 0.3) is 0 Å². The zero-order valence-electron chi connectivity index (χ0n) is 10.1. The van der Waals surface area contributed by atoms with Crippen LogP contribution in [-0.2, 0) is 19.9 Å². The molecule has 5 nitrogen and oxygen atoms in total. The van der Waals surface area contributed by atoms with Crippen molar-refractivity contribution in [2.75, 3.05) is 11.4 Å². The summed E-state index contributed by atoms with van der Waals surface area (Å²) < 4.78 is 5.62. The largest absolute Gasteiger partial charge is 0.480 e. The Kier molecular flexibility index (Phi) is 1.94. The molecule has 1 saturated heterocycles. The number of carbonyl (C=O) groups excluding carboxylic acids is 1. The number of amides is 1. The Balaban J connectivity index is 2.13. The minimum Gasteiger partial charge on any atom is -0.480 e. The zero-order chi connectivity index (χ0) is 13.1. The van der Waals surface area contributed by atoms with Gasteiger partial charge >= 0.3 is 5.97 Å². The number of aliphatic carboxylic acids is 1. The molecule has 5 heteroatoms. The number of benzene rings is 1. The van der Waals surface area contributed by atoms with E-state index in [-0.39, 0.29) is 12.5 Å². The van der Waals surface area contributed by atoms with Gasteiger partial charge in [0, 0.05) is 5.56 Å². The quantitative estimate of drug-likeness (QED) is 0.795. The third-order valence-electron chi connectivity index (χ3n) is 3.63. The summed E-state index contributed by atoms with van der Waals surface area (Å²) in [6.07, 6.45) is 0. The predicted octanol–water partition coefficient (Wildman–Crippen LogP) is 1.12. The summed E-state index contributed by atoms with van der Waals surface area (Å²) in [4.78, 5) is 24.6. The van der Waals surface area contributed by atoms with Gasteiger partial charge in [-0.25, -0.2) is 0 Å². The number of carboxylic acids is 1. The number of para-hydroxylation sites is 1. The van der Waals surface area contributed by atoms with Crippen LogP contribution in [-0.4, -0.2) is 29.1 Å². The lowest BCUT2D eigenvalue weighted by atomic mass is 9.90. The number of carboxylic acid groups (broad SMARTS) is 1. The molecule has 0 bridgehead atoms. The molecule has 2 aliphatic heterocycles. The third-order valence-corrected chi connectivity index (χ3v) is 3.63. The Hall–Kier alpha value is -1.88. The standard InChI is InChI=1S/C13H13NO4/c1-12(2)13(18-12)8-5-3-4-6-9(8)14(11(13)17)7-10(15)16/h3-6H,7H2,1-2H3,(H,15,16)/t13-/m0/s1. The first-order valence-electron chi connectivity index (χ1n) is 5.73. The molecule has 1 aromatic carbocycles. The summed E-state index contributed by atoms with van der Waals surface area (Å²) in [6.45, 7) is 3.34. The van der Waals surface area contributed by atoms with Crippen molar-refractivity contribution in [2.24, 2.45) is 0 Å². The molecule has 18 heavy (non-hydrogen) atoms. The average molecular weight is 247 g/mol. The van der Waals surface area contributed by atoms with E-state index in [4.69, 9.17) is 9.84 Å². The van der Waals surface area contributed by atoms with Crippen LogP contribution in [0.3, 0.4) is 0 Å². The molecule has 0 saturated carbocycles. The minimum absolute atomic E-state index is 0.281. The van der Waals surface area contributed by atoms with Crippen LogP contribution in [0.4, 0.5) is 5.69 Å². The van der Waals surface area contributed by atoms with Crippen molar-refractivity contribution >= 4 is 17.6 Å². The maximum Gasteiger partial charge on any atom is 0.323 e. The maximum atomic E-state index is 12.4. The van der Waals surface area contributed by atoms with E-state index < -0.39 is 17.2 Å². The highest BCUT2D eigenvalue weighted by molar-refractivity contribution is 6.11. The Labute approximate surface area is 104 Å². The van der Waals surface area contributed by atoms with Gasteiger partial charge in [0.05, 0.1) is 5.69 Å². The number of epoxide rings is 1. The summed E-state index contributed by atoms with van der Waals surface area (Å²) in [5, 5.41) is 8.90. The second-order valence-electron chi connectivity index (χ2n) is 5.10. The third kappa shape index (κ3) is 1.14. The van der Waals surface area contributed by atoms with Gasteiger partial charge in [0.1, 0.15) is 12.1 Å². The highest BCUT2D eigenvalue weighted by Crippen LogP contribution is 2.62. The van der Waals surface area contributed by atoms with Gasteiger partial charge in [-0.2, -0.15) is 0 Å². The Morgan fingerprint density at radius 2 is 2.00 bits per heavy atom. The fourth-order valence-corrected chi connectivity index (χ4v) is 2.75. The molecular weight excluding hydrogens is 234 g/mol. The molecule has 94 valence electrons. The number of rotatable bonds is 2. The minimum atomic E-state index is -1.03. The molecule has 1 amide bonds. The number of hydrogen-bond donors (Lipinski definition) is 1. The van der Waals surface area contributed by atoms with E-state index in [0.29, 0.717) is 5.69 Å². The van der Waals surface area contributed by atoms with Gasteiger partial charge < -0.3 is 9.84 Å². The normalized spacial score (nSPS) is 27.4. The smallest absolute Gasteiger partial charge is 0.323 e. The molecule has 2 heterocycles. The molecule has 0 aromatic heterocycles. The number of anilines is 1. The van der Waals surface area contributed by atoms with Crippen molar-refractivity contribution in [3.05, 3.63) is 29.8 Å².